The van der Waals surface area contributed by atoms with Gasteiger partial charge in [0.25, 0.3) is 0 Å². The topological polar surface area (TPSA) is 66.4 Å². The van der Waals surface area contributed by atoms with Crippen molar-refractivity contribution in [2.24, 2.45) is 17.8 Å². The Morgan fingerprint density at radius 3 is 2.62 bits per heavy atom. The molecule has 21 heavy (non-hydrogen) atoms. The quantitative estimate of drug-likeness (QED) is 0.890. The summed E-state index contributed by atoms with van der Waals surface area (Å²) in [4.78, 5) is 23.8. The molecule has 114 valence electrons. The SMILES string of the molecule is CCC1CC(C(=O)O)C(C(=O)Nc2cccc(Cl)c2C)C1. The van der Waals surface area contributed by atoms with Gasteiger partial charge in [-0.3, -0.25) is 9.59 Å². The molecule has 0 bridgehead atoms. The van der Waals surface area contributed by atoms with Gasteiger partial charge in [0.05, 0.1) is 11.8 Å². The van der Waals surface area contributed by atoms with Gasteiger partial charge in [0.1, 0.15) is 0 Å². The van der Waals surface area contributed by atoms with Crippen LogP contribution < -0.4 is 5.32 Å². The van der Waals surface area contributed by atoms with Crippen LogP contribution in [0.25, 0.3) is 0 Å². The first kappa shape index (κ1) is 15.8. The summed E-state index contributed by atoms with van der Waals surface area (Å²) in [6.45, 7) is 3.86. The van der Waals surface area contributed by atoms with E-state index in [2.05, 4.69) is 5.32 Å². The molecule has 4 nitrogen and oxygen atoms in total. The molecule has 0 spiro atoms. The number of nitrogens with one attached hydrogen (secondary N) is 1. The maximum Gasteiger partial charge on any atom is 0.307 e. The van der Waals surface area contributed by atoms with E-state index in [9.17, 15) is 14.7 Å². The van der Waals surface area contributed by atoms with Crippen LogP contribution in [-0.4, -0.2) is 17.0 Å². The largest absolute Gasteiger partial charge is 0.481 e. The van der Waals surface area contributed by atoms with E-state index in [-0.39, 0.29) is 5.91 Å². The van der Waals surface area contributed by atoms with Crippen LogP contribution in [0.3, 0.4) is 0 Å². The van der Waals surface area contributed by atoms with E-state index < -0.39 is 17.8 Å². The second-order valence-electron chi connectivity index (χ2n) is 5.70. The molecule has 5 heteroatoms. The molecule has 1 aliphatic carbocycles. The third-order valence-electron chi connectivity index (χ3n) is 4.42. The zero-order chi connectivity index (χ0) is 15.6. The highest BCUT2D eigenvalue weighted by atomic mass is 35.5. The lowest BCUT2D eigenvalue weighted by molar-refractivity contribution is -0.145. The summed E-state index contributed by atoms with van der Waals surface area (Å²) in [5.41, 5.74) is 1.45. The number of carbonyl (C=O) groups is 2. The average molecular weight is 310 g/mol. The predicted octanol–water partition coefficient (Wildman–Crippen LogP) is 3.72. The van der Waals surface area contributed by atoms with Gasteiger partial charge in [-0.2, -0.15) is 0 Å². The number of hydrogen-bond donors (Lipinski definition) is 2. The molecule has 1 aliphatic rings. The number of carbonyl (C=O) groups excluding carboxylic acids is 1. The van der Waals surface area contributed by atoms with Gasteiger partial charge < -0.3 is 10.4 Å². The second-order valence-corrected chi connectivity index (χ2v) is 6.11. The molecule has 0 saturated heterocycles. The van der Waals surface area contributed by atoms with Crippen LogP contribution in [0, 0.1) is 24.7 Å². The fourth-order valence-electron chi connectivity index (χ4n) is 3.01. The Hall–Kier alpha value is -1.55. The first-order chi connectivity index (χ1) is 9.93. The fraction of sp³-hybridized carbons (Fsp3) is 0.500. The van der Waals surface area contributed by atoms with Crippen molar-refractivity contribution in [3.05, 3.63) is 28.8 Å². The highest BCUT2D eigenvalue weighted by molar-refractivity contribution is 6.31. The van der Waals surface area contributed by atoms with E-state index in [0.29, 0.717) is 29.5 Å². The van der Waals surface area contributed by atoms with Crippen molar-refractivity contribution in [3.8, 4) is 0 Å². The number of carboxylic acids is 1. The molecule has 3 unspecified atom stereocenters. The number of halogens is 1. The Morgan fingerprint density at radius 2 is 2.00 bits per heavy atom. The lowest BCUT2D eigenvalue weighted by Crippen LogP contribution is -2.30. The number of benzene rings is 1. The zero-order valence-corrected chi connectivity index (χ0v) is 13.0. The summed E-state index contributed by atoms with van der Waals surface area (Å²) in [7, 11) is 0. The van der Waals surface area contributed by atoms with Crippen LogP contribution >= 0.6 is 11.6 Å². The van der Waals surface area contributed by atoms with Gasteiger partial charge in [-0.15, -0.1) is 0 Å². The smallest absolute Gasteiger partial charge is 0.307 e. The van der Waals surface area contributed by atoms with Crippen molar-refractivity contribution in [3.63, 3.8) is 0 Å². The molecule has 1 aromatic carbocycles. The van der Waals surface area contributed by atoms with Crippen molar-refractivity contribution in [2.45, 2.75) is 33.1 Å². The lowest BCUT2D eigenvalue weighted by atomic mass is 9.95. The molecular formula is C16H20ClNO3. The molecule has 1 amide bonds. The minimum atomic E-state index is -0.881. The van der Waals surface area contributed by atoms with Crippen molar-refractivity contribution in [2.75, 3.05) is 5.32 Å². The molecule has 0 aromatic heterocycles. The molecule has 1 saturated carbocycles. The lowest BCUT2D eigenvalue weighted by Gasteiger charge is -2.17. The van der Waals surface area contributed by atoms with Crippen LogP contribution in [0.2, 0.25) is 5.02 Å². The number of anilines is 1. The third-order valence-corrected chi connectivity index (χ3v) is 4.83. The fourth-order valence-corrected chi connectivity index (χ4v) is 3.18. The number of aliphatic carboxylic acids is 1. The van der Waals surface area contributed by atoms with Gasteiger partial charge in [-0.1, -0.05) is 31.0 Å². The zero-order valence-electron chi connectivity index (χ0n) is 12.2. The number of amides is 1. The predicted molar refractivity (Wildman–Crippen MR) is 82.4 cm³/mol. The van der Waals surface area contributed by atoms with E-state index in [0.717, 1.165) is 12.0 Å². The van der Waals surface area contributed by atoms with E-state index in [1.54, 1.807) is 18.2 Å². The van der Waals surface area contributed by atoms with Crippen LogP contribution in [0.4, 0.5) is 5.69 Å². The number of rotatable bonds is 4. The van der Waals surface area contributed by atoms with Crippen molar-refractivity contribution in [1.29, 1.82) is 0 Å². The second kappa shape index (κ2) is 6.48. The summed E-state index contributed by atoms with van der Waals surface area (Å²) in [5.74, 6) is -1.85. The Balaban J connectivity index is 2.15. The monoisotopic (exact) mass is 309 g/mol. The summed E-state index contributed by atoms with van der Waals surface area (Å²) >= 11 is 6.04. The summed E-state index contributed by atoms with van der Waals surface area (Å²) in [6.07, 6.45) is 2.13. The number of carboxylic acid groups (broad SMARTS) is 1. The van der Waals surface area contributed by atoms with E-state index >= 15 is 0 Å². The first-order valence-corrected chi connectivity index (χ1v) is 7.60. The third kappa shape index (κ3) is 3.38. The van der Waals surface area contributed by atoms with Crippen LogP contribution in [0.5, 0.6) is 0 Å². The van der Waals surface area contributed by atoms with E-state index in [1.807, 2.05) is 13.8 Å². The van der Waals surface area contributed by atoms with Crippen molar-refractivity contribution in [1.82, 2.24) is 0 Å². The van der Waals surface area contributed by atoms with Gasteiger partial charge in [-0.05, 0) is 43.4 Å². The Labute approximate surface area is 129 Å². The Kier molecular flexibility index (Phi) is 4.88. The summed E-state index contributed by atoms with van der Waals surface area (Å²) in [6, 6.07) is 5.31. The molecule has 0 radical (unpaired) electrons. The molecule has 2 N–H and O–H groups in total. The van der Waals surface area contributed by atoms with Gasteiger partial charge in [0.2, 0.25) is 5.91 Å². The molecule has 1 fully saturated rings. The molecule has 3 atom stereocenters. The van der Waals surface area contributed by atoms with Crippen molar-refractivity contribution >= 4 is 29.2 Å². The van der Waals surface area contributed by atoms with Gasteiger partial charge >= 0.3 is 5.97 Å². The normalized spacial score (nSPS) is 24.8. The van der Waals surface area contributed by atoms with E-state index in [1.165, 1.54) is 0 Å². The first-order valence-electron chi connectivity index (χ1n) is 7.22. The van der Waals surface area contributed by atoms with Gasteiger partial charge in [-0.25, -0.2) is 0 Å². The van der Waals surface area contributed by atoms with Crippen LogP contribution in [0.1, 0.15) is 31.7 Å². The van der Waals surface area contributed by atoms with Gasteiger partial charge in [0, 0.05) is 10.7 Å². The Bertz CT molecular complexity index is 558. The average Bonchev–Trinajstić information content (AvgIpc) is 2.88. The van der Waals surface area contributed by atoms with Crippen LogP contribution in [-0.2, 0) is 9.59 Å². The summed E-state index contributed by atoms with van der Waals surface area (Å²) < 4.78 is 0. The molecule has 0 aliphatic heterocycles. The molecule has 0 heterocycles. The van der Waals surface area contributed by atoms with Crippen molar-refractivity contribution < 1.29 is 14.7 Å². The molecule has 2 rings (SSSR count). The minimum Gasteiger partial charge on any atom is -0.481 e. The van der Waals surface area contributed by atoms with E-state index in [4.69, 9.17) is 11.6 Å². The molecular weight excluding hydrogens is 290 g/mol. The molecule has 1 aromatic rings. The van der Waals surface area contributed by atoms with Gasteiger partial charge in [0.15, 0.2) is 0 Å². The maximum atomic E-state index is 12.4. The number of hydrogen-bond acceptors (Lipinski definition) is 2. The maximum absolute atomic E-state index is 12.4. The highest BCUT2D eigenvalue weighted by Gasteiger charge is 2.42. The highest BCUT2D eigenvalue weighted by Crippen LogP contribution is 2.39. The minimum absolute atomic E-state index is 0.219. The standard InChI is InChI=1S/C16H20ClNO3/c1-3-10-7-11(12(8-10)16(20)21)15(19)18-14-6-4-5-13(17)9(14)2/h4-6,10-12H,3,7-8H2,1-2H3,(H,18,19)(H,20,21). The Morgan fingerprint density at radius 1 is 1.33 bits per heavy atom. The van der Waals surface area contributed by atoms with Crippen LogP contribution in [0.15, 0.2) is 18.2 Å². The summed E-state index contributed by atoms with van der Waals surface area (Å²) in [5, 5.41) is 12.7.